The van der Waals surface area contributed by atoms with Gasteiger partial charge >= 0.3 is 11.9 Å². The lowest BCUT2D eigenvalue weighted by atomic mass is 10.1. The molecule has 0 spiro atoms. The van der Waals surface area contributed by atoms with Crippen molar-refractivity contribution >= 4 is 24.0 Å². The van der Waals surface area contributed by atoms with Gasteiger partial charge in [-0.05, 0) is 6.42 Å². The van der Waals surface area contributed by atoms with E-state index in [1.54, 1.807) is 16.7 Å². The van der Waals surface area contributed by atoms with Crippen molar-refractivity contribution in [2.45, 2.75) is 32.2 Å². The lowest BCUT2D eigenvalue weighted by Crippen LogP contribution is -2.51. The standard InChI is InChI=1S/C20H37N5O7.CH4O/c1-2-17(27)3-4-18(20(30)31)25-11-9-22(13-14-26)5-7-24(16-21-32)8-6-23(10-12-25)15-19(28)29;1-2/h14,18,21,32H,2-13,15-16H2,1H3,(H,28,29)(H,30,31);2H,1H3. The lowest BCUT2D eigenvalue weighted by Gasteiger charge is -2.35. The minimum atomic E-state index is -1.02. The third-order valence-corrected chi connectivity index (χ3v) is 5.67. The molecule has 1 aliphatic heterocycles. The van der Waals surface area contributed by atoms with Crippen molar-refractivity contribution < 1.29 is 39.7 Å². The Hall–Kier alpha value is -2.00. The van der Waals surface area contributed by atoms with Crippen molar-refractivity contribution in [3.63, 3.8) is 0 Å². The third-order valence-electron chi connectivity index (χ3n) is 5.67. The number of Topliss-reactive ketones (excluding diaryl/α,β-unsaturated/α-hetero) is 1. The van der Waals surface area contributed by atoms with Gasteiger partial charge < -0.3 is 25.3 Å². The lowest BCUT2D eigenvalue weighted by molar-refractivity contribution is -0.144. The highest BCUT2D eigenvalue weighted by Crippen LogP contribution is 2.11. The monoisotopic (exact) mass is 491 g/mol. The second-order valence-electron chi connectivity index (χ2n) is 7.89. The summed E-state index contributed by atoms with van der Waals surface area (Å²) < 4.78 is 0. The van der Waals surface area contributed by atoms with E-state index in [0.29, 0.717) is 58.8 Å². The maximum Gasteiger partial charge on any atom is 0.320 e. The Balaban J connectivity index is 0.00000529. The molecule has 0 saturated carbocycles. The maximum atomic E-state index is 12.0. The Morgan fingerprint density at radius 2 is 1.44 bits per heavy atom. The quantitative estimate of drug-likeness (QED) is 0.154. The summed E-state index contributed by atoms with van der Waals surface area (Å²) in [7, 11) is 1.00. The number of nitrogens with zero attached hydrogens (tertiary/aromatic N) is 4. The van der Waals surface area contributed by atoms with Crippen LogP contribution in [0.1, 0.15) is 26.2 Å². The van der Waals surface area contributed by atoms with E-state index in [4.69, 9.17) is 10.3 Å². The summed E-state index contributed by atoms with van der Waals surface area (Å²) in [5.74, 6) is -2.00. The Morgan fingerprint density at radius 1 is 0.912 bits per heavy atom. The molecule has 1 heterocycles. The van der Waals surface area contributed by atoms with Gasteiger partial charge in [0.15, 0.2) is 0 Å². The van der Waals surface area contributed by atoms with E-state index >= 15 is 0 Å². The molecule has 0 aromatic carbocycles. The van der Waals surface area contributed by atoms with Gasteiger partial charge in [-0.25, -0.2) is 0 Å². The topological polar surface area (TPSA) is 174 Å². The second kappa shape index (κ2) is 19.3. The van der Waals surface area contributed by atoms with Crippen LogP contribution in [0.25, 0.3) is 0 Å². The van der Waals surface area contributed by atoms with Crippen LogP contribution in [0.5, 0.6) is 0 Å². The number of carboxylic acids is 2. The van der Waals surface area contributed by atoms with E-state index < -0.39 is 18.0 Å². The molecule has 1 saturated heterocycles. The third kappa shape index (κ3) is 13.6. The highest BCUT2D eigenvalue weighted by molar-refractivity contribution is 5.79. The number of aldehydes is 1. The number of hydroxylamine groups is 1. The second-order valence-corrected chi connectivity index (χ2v) is 7.89. The number of carboxylic acid groups (broad SMARTS) is 2. The van der Waals surface area contributed by atoms with Gasteiger partial charge in [0.2, 0.25) is 0 Å². The maximum absolute atomic E-state index is 12.0. The predicted molar refractivity (Wildman–Crippen MR) is 124 cm³/mol. The molecule has 5 N–H and O–H groups in total. The number of hydrogen-bond acceptors (Lipinski definition) is 11. The molecule has 1 atom stereocenters. The number of aliphatic hydroxyl groups is 1. The highest BCUT2D eigenvalue weighted by Gasteiger charge is 2.27. The summed E-state index contributed by atoms with van der Waals surface area (Å²) in [6.07, 6.45) is 1.51. The van der Waals surface area contributed by atoms with Crippen LogP contribution in [-0.4, -0.2) is 149 Å². The highest BCUT2D eigenvalue weighted by atomic mass is 16.5. The van der Waals surface area contributed by atoms with E-state index in [-0.39, 0.29) is 38.4 Å². The zero-order valence-electron chi connectivity index (χ0n) is 20.3. The first-order valence-electron chi connectivity index (χ1n) is 11.4. The zero-order chi connectivity index (χ0) is 25.9. The minimum absolute atomic E-state index is 0.00160. The SMILES string of the molecule is CCC(=O)CCC(C(=O)O)N1CCN(CC=O)CCN(CNO)CCN(CC(=O)O)CC1.CO. The largest absolute Gasteiger partial charge is 0.480 e. The summed E-state index contributed by atoms with van der Waals surface area (Å²) in [6, 6.07) is -0.867. The van der Waals surface area contributed by atoms with E-state index in [0.717, 1.165) is 13.4 Å². The zero-order valence-corrected chi connectivity index (χ0v) is 20.3. The van der Waals surface area contributed by atoms with Crippen LogP contribution in [0.2, 0.25) is 0 Å². The Kier molecular flexibility index (Phi) is 18.2. The average molecular weight is 492 g/mol. The van der Waals surface area contributed by atoms with Gasteiger partial charge in [0.1, 0.15) is 18.1 Å². The number of aliphatic carboxylic acids is 2. The van der Waals surface area contributed by atoms with Crippen LogP contribution in [0.15, 0.2) is 0 Å². The molecule has 34 heavy (non-hydrogen) atoms. The molecule has 198 valence electrons. The summed E-state index contributed by atoms with van der Waals surface area (Å²) in [4.78, 5) is 53.5. The van der Waals surface area contributed by atoms with Crippen LogP contribution in [0.4, 0.5) is 0 Å². The normalized spacial score (nSPS) is 18.6. The van der Waals surface area contributed by atoms with Gasteiger partial charge in [-0.15, -0.1) is 0 Å². The summed E-state index contributed by atoms with van der Waals surface area (Å²) >= 11 is 0. The van der Waals surface area contributed by atoms with Gasteiger partial charge in [-0.1, -0.05) is 6.92 Å². The Labute approximate surface area is 200 Å². The van der Waals surface area contributed by atoms with Crippen molar-refractivity contribution in [1.82, 2.24) is 25.1 Å². The average Bonchev–Trinajstić information content (AvgIpc) is 2.80. The molecular weight excluding hydrogens is 450 g/mol. The number of aliphatic hydroxyl groups excluding tert-OH is 1. The van der Waals surface area contributed by atoms with Crippen LogP contribution < -0.4 is 5.48 Å². The summed E-state index contributed by atoms with van der Waals surface area (Å²) in [5, 5.41) is 35.2. The van der Waals surface area contributed by atoms with Gasteiger partial charge in [0.25, 0.3) is 0 Å². The van der Waals surface area contributed by atoms with Gasteiger partial charge in [0, 0.05) is 72.3 Å². The molecule has 1 rings (SSSR count). The molecule has 13 heteroatoms. The molecule has 13 nitrogen and oxygen atoms in total. The van der Waals surface area contributed by atoms with Gasteiger partial charge in [0.05, 0.1) is 19.8 Å². The number of carbonyl (C=O) groups is 4. The van der Waals surface area contributed by atoms with E-state index in [1.807, 2.05) is 9.80 Å². The minimum Gasteiger partial charge on any atom is -0.480 e. The molecule has 0 aromatic rings. The first-order valence-corrected chi connectivity index (χ1v) is 11.4. The number of ketones is 1. The smallest absolute Gasteiger partial charge is 0.320 e. The van der Waals surface area contributed by atoms with Gasteiger partial charge in [-0.3, -0.25) is 34.0 Å². The summed E-state index contributed by atoms with van der Waals surface area (Å²) in [5.41, 5.74) is 2.12. The molecule has 1 aliphatic rings. The van der Waals surface area contributed by atoms with Gasteiger partial charge in [-0.2, -0.15) is 5.48 Å². The molecule has 0 aliphatic carbocycles. The van der Waals surface area contributed by atoms with Crippen LogP contribution >= 0.6 is 0 Å². The number of hydrogen-bond donors (Lipinski definition) is 5. The van der Waals surface area contributed by atoms with Crippen molar-refractivity contribution in [2.24, 2.45) is 0 Å². The van der Waals surface area contributed by atoms with Crippen LogP contribution in [0.3, 0.4) is 0 Å². The van der Waals surface area contributed by atoms with E-state index in [9.17, 15) is 29.4 Å². The van der Waals surface area contributed by atoms with Crippen molar-refractivity contribution in [2.75, 3.05) is 79.2 Å². The predicted octanol–water partition coefficient (Wildman–Crippen LogP) is -1.75. The molecule has 0 radical (unpaired) electrons. The number of nitrogens with one attached hydrogen (secondary N) is 1. The summed E-state index contributed by atoms with van der Waals surface area (Å²) in [6.45, 7) is 5.40. The Morgan fingerprint density at radius 3 is 1.94 bits per heavy atom. The van der Waals surface area contributed by atoms with Crippen LogP contribution in [-0.2, 0) is 19.2 Å². The molecule has 0 amide bonds. The van der Waals surface area contributed by atoms with Crippen molar-refractivity contribution in [1.29, 1.82) is 0 Å². The number of rotatable bonds is 12. The first-order chi connectivity index (χ1) is 16.3. The fourth-order valence-corrected chi connectivity index (χ4v) is 3.70. The fourth-order valence-electron chi connectivity index (χ4n) is 3.70. The van der Waals surface area contributed by atoms with E-state index in [1.165, 1.54) is 0 Å². The molecule has 0 bridgehead atoms. The van der Waals surface area contributed by atoms with Crippen molar-refractivity contribution in [3.8, 4) is 0 Å². The van der Waals surface area contributed by atoms with Crippen molar-refractivity contribution in [3.05, 3.63) is 0 Å². The molecular formula is C21H41N5O8. The fraction of sp³-hybridized carbons (Fsp3) is 0.810. The molecule has 1 unspecified atom stereocenters. The van der Waals surface area contributed by atoms with Crippen LogP contribution in [0, 0.1) is 0 Å². The molecule has 1 fully saturated rings. The number of carbonyl (C=O) groups excluding carboxylic acids is 2. The molecule has 0 aromatic heterocycles. The van der Waals surface area contributed by atoms with E-state index in [2.05, 4.69) is 5.48 Å². The Bertz CT molecular complexity index is 610. The first kappa shape index (κ1) is 32.0.